The fourth-order valence-electron chi connectivity index (χ4n) is 2.15. The summed E-state index contributed by atoms with van der Waals surface area (Å²) in [4.78, 5) is 11.9. The summed E-state index contributed by atoms with van der Waals surface area (Å²) in [7, 11) is 1.67. The second-order valence-electron chi connectivity index (χ2n) is 5.16. The van der Waals surface area contributed by atoms with Gasteiger partial charge in [-0.05, 0) is 23.8 Å². The van der Waals surface area contributed by atoms with Crippen LogP contribution in [0.3, 0.4) is 0 Å². The molecular weight excluding hydrogens is 238 g/mol. The van der Waals surface area contributed by atoms with Gasteiger partial charge in [0.2, 0.25) is 5.91 Å². The third-order valence-electron chi connectivity index (χ3n) is 3.29. The number of amides is 1. The van der Waals surface area contributed by atoms with Crippen molar-refractivity contribution in [3.05, 3.63) is 35.9 Å². The van der Waals surface area contributed by atoms with E-state index in [1.54, 1.807) is 7.11 Å². The Hall–Kier alpha value is -1.35. The molecule has 1 aromatic rings. The van der Waals surface area contributed by atoms with Gasteiger partial charge < -0.3 is 10.1 Å². The molecule has 1 atom stereocenters. The Morgan fingerprint density at radius 2 is 1.95 bits per heavy atom. The molecule has 1 unspecified atom stereocenters. The smallest absolute Gasteiger partial charge is 0.220 e. The fourth-order valence-corrected chi connectivity index (χ4v) is 2.15. The van der Waals surface area contributed by atoms with Crippen LogP contribution >= 0.6 is 0 Å². The molecule has 1 rings (SSSR count). The number of rotatable bonds is 8. The molecule has 1 N–H and O–H groups in total. The SMILES string of the molecule is COCCCNC(=O)CC(c1ccccc1)C(C)C. The average Bonchev–Trinajstić information content (AvgIpc) is 2.41. The lowest BCUT2D eigenvalue weighted by Crippen LogP contribution is -2.27. The Balaban J connectivity index is 2.48. The summed E-state index contributed by atoms with van der Waals surface area (Å²) in [5.74, 6) is 0.856. The summed E-state index contributed by atoms with van der Waals surface area (Å²) >= 11 is 0. The van der Waals surface area contributed by atoms with Gasteiger partial charge in [0, 0.05) is 26.7 Å². The van der Waals surface area contributed by atoms with Crippen LogP contribution < -0.4 is 5.32 Å². The Bertz CT molecular complexity index is 362. The van der Waals surface area contributed by atoms with Crippen LogP contribution in [0.2, 0.25) is 0 Å². The molecule has 106 valence electrons. The highest BCUT2D eigenvalue weighted by molar-refractivity contribution is 5.76. The lowest BCUT2D eigenvalue weighted by Gasteiger charge is -2.21. The van der Waals surface area contributed by atoms with E-state index in [9.17, 15) is 4.79 Å². The summed E-state index contributed by atoms with van der Waals surface area (Å²) in [6, 6.07) is 10.3. The Morgan fingerprint density at radius 1 is 1.26 bits per heavy atom. The molecule has 1 aromatic carbocycles. The fraction of sp³-hybridized carbons (Fsp3) is 0.562. The molecule has 0 aliphatic heterocycles. The molecule has 0 saturated carbocycles. The Kier molecular flexibility index (Phi) is 7.19. The van der Waals surface area contributed by atoms with Crippen LogP contribution in [0.5, 0.6) is 0 Å². The highest BCUT2D eigenvalue weighted by Crippen LogP contribution is 2.27. The first-order chi connectivity index (χ1) is 9.15. The lowest BCUT2D eigenvalue weighted by molar-refractivity contribution is -0.121. The topological polar surface area (TPSA) is 38.3 Å². The third kappa shape index (κ3) is 5.88. The number of carbonyl (C=O) groups excluding carboxylic acids is 1. The number of hydrogen-bond donors (Lipinski definition) is 1. The van der Waals surface area contributed by atoms with Crippen LogP contribution in [0, 0.1) is 5.92 Å². The van der Waals surface area contributed by atoms with Crippen molar-refractivity contribution >= 4 is 5.91 Å². The van der Waals surface area contributed by atoms with Gasteiger partial charge in [-0.25, -0.2) is 0 Å². The summed E-state index contributed by atoms with van der Waals surface area (Å²) in [5.41, 5.74) is 1.24. The van der Waals surface area contributed by atoms with Gasteiger partial charge in [0.15, 0.2) is 0 Å². The van der Waals surface area contributed by atoms with Crippen LogP contribution in [0.25, 0.3) is 0 Å². The minimum Gasteiger partial charge on any atom is -0.385 e. The zero-order valence-electron chi connectivity index (χ0n) is 12.2. The summed E-state index contributed by atoms with van der Waals surface area (Å²) in [6.45, 7) is 5.70. The van der Waals surface area contributed by atoms with Crippen LogP contribution in [-0.4, -0.2) is 26.2 Å². The molecule has 0 radical (unpaired) electrons. The summed E-state index contributed by atoms with van der Waals surface area (Å²) in [6.07, 6.45) is 1.41. The van der Waals surface area contributed by atoms with E-state index in [0.29, 0.717) is 25.5 Å². The minimum atomic E-state index is 0.124. The number of methoxy groups -OCH3 is 1. The number of hydrogen-bond acceptors (Lipinski definition) is 2. The molecule has 0 fully saturated rings. The van der Waals surface area contributed by atoms with Gasteiger partial charge in [-0.3, -0.25) is 4.79 Å². The van der Waals surface area contributed by atoms with Gasteiger partial charge in [0.1, 0.15) is 0 Å². The second kappa shape index (κ2) is 8.70. The first-order valence-electron chi connectivity index (χ1n) is 6.95. The van der Waals surface area contributed by atoms with Gasteiger partial charge in [0.05, 0.1) is 0 Å². The van der Waals surface area contributed by atoms with E-state index < -0.39 is 0 Å². The molecule has 3 heteroatoms. The molecule has 0 saturated heterocycles. The normalized spacial score (nSPS) is 12.4. The lowest BCUT2D eigenvalue weighted by atomic mass is 9.85. The molecule has 0 aliphatic rings. The summed E-state index contributed by atoms with van der Waals surface area (Å²) < 4.78 is 4.96. The van der Waals surface area contributed by atoms with Crippen LogP contribution in [0.1, 0.15) is 38.2 Å². The number of nitrogens with one attached hydrogen (secondary N) is 1. The van der Waals surface area contributed by atoms with Crippen molar-refractivity contribution in [2.24, 2.45) is 5.92 Å². The standard InChI is InChI=1S/C16H25NO2/c1-13(2)15(14-8-5-4-6-9-14)12-16(18)17-10-7-11-19-3/h4-6,8-9,13,15H,7,10-12H2,1-3H3,(H,17,18). The van der Waals surface area contributed by atoms with Crippen LogP contribution in [-0.2, 0) is 9.53 Å². The number of carbonyl (C=O) groups is 1. The summed E-state index contributed by atoms with van der Waals surface area (Å²) in [5, 5.41) is 2.95. The zero-order valence-corrected chi connectivity index (χ0v) is 12.2. The van der Waals surface area contributed by atoms with E-state index in [1.807, 2.05) is 18.2 Å². The van der Waals surface area contributed by atoms with E-state index >= 15 is 0 Å². The largest absolute Gasteiger partial charge is 0.385 e. The molecule has 0 aromatic heterocycles. The van der Waals surface area contributed by atoms with Crippen molar-refractivity contribution in [2.75, 3.05) is 20.3 Å². The molecule has 0 spiro atoms. The molecular formula is C16H25NO2. The number of ether oxygens (including phenoxy) is 1. The van der Waals surface area contributed by atoms with Crippen molar-refractivity contribution in [1.29, 1.82) is 0 Å². The van der Waals surface area contributed by atoms with Crippen LogP contribution in [0.4, 0.5) is 0 Å². The third-order valence-corrected chi connectivity index (χ3v) is 3.29. The van der Waals surface area contributed by atoms with Crippen molar-refractivity contribution in [3.8, 4) is 0 Å². The number of benzene rings is 1. The quantitative estimate of drug-likeness (QED) is 0.732. The van der Waals surface area contributed by atoms with E-state index in [2.05, 4.69) is 31.3 Å². The highest BCUT2D eigenvalue weighted by atomic mass is 16.5. The van der Waals surface area contributed by atoms with Crippen molar-refractivity contribution in [3.63, 3.8) is 0 Å². The van der Waals surface area contributed by atoms with Gasteiger partial charge >= 0.3 is 0 Å². The molecule has 0 heterocycles. The van der Waals surface area contributed by atoms with Crippen LogP contribution in [0.15, 0.2) is 30.3 Å². The van der Waals surface area contributed by atoms with Crippen molar-refractivity contribution in [1.82, 2.24) is 5.32 Å². The predicted molar refractivity (Wildman–Crippen MR) is 78.1 cm³/mol. The van der Waals surface area contributed by atoms with Crippen molar-refractivity contribution in [2.45, 2.75) is 32.6 Å². The highest BCUT2D eigenvalue weighted by Gasteiger charge is 2.19. The van der Waals surface area contributed by atoms with E-state index in [1.165, 1.54) is 5.56 Å². The Morgan fingerprint density at radius 3 is 2.53 bits per heavy atom. The van der Waals surface area contributed by atoms with Gasteiger partial charge in [0.25, 0.3) is 0 Å². The molecule has 0 aliphatic carbocycles. The first kappa shape index (κ1) is 15.7. The minimum absolute atomic E-state index is 0.124. The maximum atomic E-state index is 11.9. The van der Waals surface area contributed by atoms with Gasteiger partial charge in [-0.1, -0.05) is 44.2 Å². The van der Waals surface area contributed by atoms with Crippen molar-refractivity contribution < 1.29 is 9.53 Å². The Labute approximate surface area is 116 Å². The van der Waals surface area contributed by atoms with Gasteiger partial charge in [-0.15, -0.1) is 0 Å². The van der Waals surface area contributed by atoms with E-state index in [4.69, 9.17) is 4.74 Å². The van der Waals surface area contributed by atoms with E-state index in [-0.39, 0.29) is 11.8 Å². The maximum Gasteiger partial charge on any atom is 0.220 e. The second-order valence-corrected chi connectivity index (χ2v) is 5.16. The van der Waals surface area contributed by atoms with Gasteiger partial charge in [-0.2, -0.15) is 0 Å². The average molecular weight is 263 g/mol. The molecule has 19 heavy (non-hydrogen) atoms. The zero-order chi connectivity index (χ0) is 14.1. The monoisotopic (exact) mass is 263 g/mol. The molecule has 3 nitrogen and oxygen atoms in total. The van der Waals surface area contributed by atoms with E-state index in [0.717, 1.165) is 6.42 Å². The maximum absolute atomic E-state index is 11.9. The molecule has 0 bridgehead atoms. The molecule has 1 amide bonds. The predicted octanol–water partition coefficient (Wildman–Crippen LogP) is 2.97. The first-order valence-corrected chi connectivity index (χ1v) is 6.95.